The van der Waals surface area contributed by atoms with Crippen molar-refractivity contribution in [1.29, 1.82) is 0 Å². The number of sulfonamides is 1. The first-order valence-electron chi connectivity index (χ1n) is 6.56. The Morgan fingerprint density at radius 2 is 2.10 bits per heavy atom. The molecule has 2 N–H and O–H groups in total. The number of ether oxygens (including phenoxy) is 1. The normalized spacial score (nSPS) is 17.2. The zero-order valence-corrected chi connectivity index (χ0v) is 12.0. The molecule has 0 aromatic carbocycles. The van der Waals surface area contributed by atoms with Gasteiger partial charge in [0.1, 0.15) is 4.90 Å². The number of nitrogens with one attached hydrogen (secondary N) is 2. The molecule has 0 aliphatic carbocycles. The molecule has 7 nitrogen and oxygen atoms in total. The zero-order valence-electron chi connectivity index (χ0n) is 11.2. The van der Waals surface area contributed by atoms with Gasteiger partial charge in [-0.05, 0) is 13.0 Å². The second-order valence-corrected chi connectivity index (χ2v) is 6.31. The highest BCUT2D eigenvalue weighted by atomic mass is 32.2. The molecule has 0 spiro atoms. The summed E-state index contributed by atoms with van der Waals surface area (Å²) in [4.78, 5) is 16.1. The highest BCUT2D eigenvalue weighted by molar-refractivity contribution is 7.89. The molecule has 2 rings (SSSR count). The van der Waals surface area contributed by atoms with Crippen molar-refractivity contribution < 1.29 is 13.2 Å². The number of H-pyrrole nitrogens is 1. The van der Waals surface area contributed by atoms with Crippen molar-refractivity contribution in [3.63, 3.8) is 0 Å². The first kappa shape index (κ1) is 15.2. The van der Waals surface area contributed by atoms with Gasteiger partial charge in [0, 0.05) is 38.1 Å². The van der Waals surface area contributed by atoms with Crippen LogP contribution < -0.4 is 10.2 Å². The van der Waals surface area contributed by atoms with Gasteiger partial charge < -0.3 is 9.72 Å². The molecule has 1 aliphatic rings. The molecule has 1 fully saturated rings. The van der Waals surface area contributed by atoms with Crippen molar-refractivity contribution in [1.82, 2.24) is 14.6 Å². The van der Waals surface area contributed by atoms with E-state index in [0.29, 0.717) is 13.0 Å². The molecule has 0 bridgehead atoms. The molecule has 0 saturated carbocycles. The van der Waals surface area contributed by atoms with Crippen LogP contribution in [0.2, 0.25) is 0 Å². The summed E-state index contributed by atoms with van der Waals surface area (Å²) in [6.45, 7) is 4.34. The van der Waals surface area contributed by atoms with Crippen LogP contribution in [0, 0.1) is 0 Å². The summed E-state index contributed by atoms with van der Waals surface area (Å²) in [5, 5.41) is 0. The summed E-state index contributed by atoms with van der Waals surface area (Å²) in [5.74, 6) is 0. The third kappa shape index (κ3) is 4.14. The molecule has 0 amide bonds. The van der Waals surface area contributed by atoms with Crippen LogP contribution in [-0.2, 0) is 14.8 Å². The lowest BCUT2D eigenvalue weighted by atomic mass is 10.3. The summed E-state index contributed by atoms with van der Waals surface area (Å²) in [6.07, 6.45) is 3.30. The molecule has 20 heavy (non-hydrogen) atoms. The van der Waals surface area contributed by atoms with E-state index in [9.17, 15) is 13.2 Å². The smallest absolute Gasteiger partial charge is 0.245 e. The first-order valence-corrected chi connectivity index (χ1v) is 8.05. The van der Waals surface area contributed by atoms with Crippen LogP contribution in [0.15, 0.2) is 28.2 Å². The summed E-state index contributed by atoms with van der Waals surface area (Å²) in [7, 11) is -3.73. The molecule has 0 radical (unpaired) electrons. The number of pyridine rings is 1. The molecular weight excluding hydrogens is 282 g/mol. The van der Waals surface area contributed by atoms with Gasteiger partial charge in [0.2, 0.25) is 15.5 Å². The third-order valence-electron chi connectivity index (χ3n) is 3.12. The van der Waals surface area contributed by atoms with E-state index in [2.05, 4.69) is 14.6 Å². The molecule has 112 valence electrons. The lowest BCUT2D eigenvalue weighted by Gasteiger charge is -2.26. The zero-order chi connectivity index (χ0) is 14.4. The van der Waals surface area contributed by atoms with Gasteiger partial charge in [0.05, 0.1) is 13.2 Å². The van der Waals surface area contributed by atoms with E-state index in [1.807, 2.05) is 0 Å². The Hall–Kier alpha value is -1.22. The Bertz CT molecular complexity index is 578. The fraction of sp³-hybridized carbons (Fsp3) is 0.583. The minimum Gasteiger partial charge on any atom is -0.379 e. The van der Waals surface area contributed by atoms with E-state index < -0.39 is 15.5 Å². The van der Waals surface area contributed by atoms with Crippen LogP contribution in [-0.4, -0.2) is 57.7 Å². The Morgan fingerprint density at radius 1 is 1.35 bits per heavy atom. The number of nitrogens with zero attached hydrogens (tertiary/aromatic N) is 1. The van der Waals surface area contributed by atoms with Crippen molar-refractivity contribution in [3.8, 4) is 0 Å². The molecule has 0 atom stereocenters. The summed E-state index contributed by atoms with van der Waals surface area (Å²) < 4.78 is 31.6. The summed E-state index contributed by atoms with van der Waals surface area (Å²) >= 11 is 0. The van der Waals surface area contributed by atoms with Crippen LogP contribution in [0.4, 0.5) is 0 Å². The molecule has 0 unspecified atom stereocenters. The number of rotatable bonds is 6. The maximum Gasteiger partial charge on any atom is 0.245 e. The average Bonchev–Trinajstić information content (AvgIpc) is 2.45. The molecular formula is C12H19N3O4S. The lowest BCUT2D eigenvalue weighted by Crippen LogP contribution is -2.38. The fourth-order valence-electron chi connectivity index (χ4n) is 2.02. The minimum atomic E-state index is -3.73. The van der Waals surface area contributed by atoms with Crippen LogP contribution in [0.1, 0.15) is 6.42 Å². The van der Waals surface area contributed by atoms with E-state index in [4.69, 9.17) is 4.74 Å². The van der Waals surface area contributed by atoms with Crippen molar-refractivity contribution in [2.75, 3.05) is 39.4 Å². The number of hydrogen-bond donors (Lipinski definition) is 2. The van der Waals surface area contributed by atoms with Gasteiger partial charge >= 0.3 is 0 Å². The number of aromatic nitrogens is 1. The first-order chi connectivity index (χ1) is 9.59. The van der Waals surface area contributed by atoms with Gasteiger partial charge in [0.15, 0.2) is 0 Å². The van der Waals surface area contributed by atoms with Crippen LogP contribution in [0.5, 0.6) is 0 Å². The fourth-order valence-corrected chi connectivity index (χ4v) is 3.15. The van der Waals surface area contributed by atoms with E-state index in [1.165, 1.54) is 18.5 Å². The van der Waals surface area contributed by atoms with Gasteiger partial charge in [-0.3, -0.25) is 9.69 Å². The summed E-state index contributed by atoms with van der Waals surface area (Å²) in [6, 6.07) is 1.20. The monoisotopic (exact) mass is 301 g/mol. The minimum absolute atomic E-state index is 0.244. The number of aromatic amines is 1. The van der Waals surface area contributed by atoms with Gasteiger partial charge in [-0.15, -0.1) is 0 Å². The van der Waals surface area contributed by atoms with E-state index in [1.54, 1.807) is 0 Å². The quantitative estimate of drug-likeness (QED) is 0.683. The third-order valence-corrected chi connectivity index (χ3v) is 4.61. The topological polar surface area (TPSA) is 91.5 Å². The maximum absolute atomic E-state index is 11.9. The average molecular weight is 301 g/mol. The Balaban J connectivity index is 1.81. The molecule has 2 heterocycles. The van der Waals surface area contributed by atoms with E-state index in [0.717, 1.165) is 32.8 Å². The van der Waals surface area contributed by atoms with E-state index in [-0.39, 0.29) is 4.90 Å². The molecule has 1 aromatic rings. The molecule has 1 aromatic heterocycles. The summed E-state index contributed by atoms with van der Waals surface area (Å²) in [5.41, 5.74) is -0.510. The standard InChI is InChI=1S/C12H19N3O4S/c16-11-2-4-13-10-12(11)20(17,18)14-3-1-5-15-6-8-19-9-7-15/h2,4,10,14H,1,3,5-9H2,(H,13,16). The van der Waals surface area contributed by atoms with Crippen LogP contribution in [0.25, 0.3) is 0 Å². The number of morpholine rings is 1. The second kappa shape index (κ2) is 6.98. The Labute approximate surface area is 118 Å². The van der Waals surface area contributed by atoms with Gasteiger partial charge in [-0.1, -0.05) is 0 Å². The van der Waals surface area contributed by atoms with Crippen LogP contribution in [0.3, 0.4) is 0 Å². The van der Waals surface area contributed by atoms with Crippen molar-refractivity contribution in [3.05, 3.63) is 28.7 Å². The Kier molecular flexibility index (Phi) is 5.30. The molecule has 8 heteroatoms. The second-order valence-electron chi connectivity index (χ2n) is 4.58. The maximum atomic E-state index is 11.9. The van der Waals surface area contributed by atoms with Crippen molar-refractivity contribution in [2.45, 2.75) is 11.3 Å². The highest BCUT2D eigenvalue weighted by Crippen LogP contribution is 2.01. The predicted octanol–water partition coefficient (Wildman–Crippen LogP) is -0.624. The predicted molar refractivity (Wildman–Crippen MR) is 74.1 cm³/mol. The van der Waals surface area contributed by atoms with E-state index >= 15 is 0 Å². The SMILES string of the molecule is O=c1cc[nH]cc1S(=O)(=O)NCCCN1CCOCC1. The number of hydrogen-bond acceptors (Lipinski definition) is 5. The lowest BCUT2D eigenvalue weighted by molar-refractivity contribution is 0.0376. The Morgan fingerprint density at radius 3 is 2.80 bits per heavy atom. The largest absolute Gasteiger partial charge is 0.379 e. The van der Waals surface area contributed by atoms with Crippen molar-refractivity contribution >= 4 is 10.0 Å². The highest BCUT2D eigenvalue weighted by Gasteiger charge is 2.17. The molecule has 1 saturated heterocycles. The van der Waals surface area contributed by atoms with Gasteiger partial charge in [-0.25, -0.2) is 13.1 Å². The molecule has 1 aliphatic heterocycles. The van der Waals surface area contributed by atoms with Gasteiger partial charge in [0.25, 0.3) is 0 Å². The van der Waals surface area contributed by atoms with Crippen molar-refractivity contribution in [2.24, 2.45) is 0 Å². The van der Waals surface area contributed by atoms with Gasteiger partial charge in [-0.2, -0.15) is 0 Å². The van der Waals surface area contributed by atoms with Crippen LogP contribution >= 0.6 is 0 Å².